The van der Waals surface area contributed by atoms with E-state index in [1.165, 1.54) is 27.7 Å². The van der Waals surface area contributed by atoms with Crippen LogP contribution in [0, 0.1) is 13.8 Å². The van der Waals surface area contributed by atoms with Gasteiger partial charge in [0.05, 0.1) is 11.5 Å². The average molecular weight is 480 g/mol. The molecule has 0 radical (unpaired) electrons. The summed E-state index contributed by atoms with van der Waals surface area (Å²) >= 11 is 4.05. The standard InChI is InChI=1S/C17H24N2S2.2BrH/c1-16-3-7-18(8-4-16)11-13-20-15-21-14-12-19-9-5-17(2)6-10-19;;/h3-10H,11-15H2,1-2H3;2*1H/q+2;;/p-2. The van der Waals surface area contributed by atoms with Gasteiger partial charge in [-0.3, -0.25) is 0 Å². The molecule has 2 heterocycles. The molecule has 0 spiro atoms. The fourth-order valence-corrected chi connectivity index (χ4v) is 3.97. The SMILES string of the molecule is Cc1cc[n+](CCSCSCC[n+]2ccc(C)cc2)cc1.[Br-].[Br-]. The van der Waals surface area contributed by atoms with Crippen molar-refractivity contribution in [3.8, 4) is 0 Å². The van der Waals surface area contributed by atoms with Gasteiger partial charge >= 0.3 is 0 Å². The van der Waals surface area contributed by atoms with Gasteiger partial charge in [0.2, 0.25) is 0 Å². The van der Waals surface area contributed by atoms with Crippen LogP contribution in [0.25, 0.3) is 0 Å². The second-order valence-electron chi connectivity index (χ2n) is 5.16. The van der Waals surface area contributed by atoms with E-state index >= 15 is 0 Å². The molecule has 2 aromatic heterocycles. The minimum absolute atomic E-state index is 0. The van der Waals surface area contributed by atoms with Crippen molar-refractivity contribution in [2.75, 3.05) is 16.6 Å². The molecule has 23 heavy (non-hydrogen) atoms. The van der Waals surface area contributed by atoms with E-state index in [1.54, 1.807) is 0 Å². The van der Waals surface area contributed by atoms with Gasteiger partial charge in [-0.2, -0.15) is 0 Å². The predicted molar refractivity (Wildman–Crippen MR) is 92.5 cm³/mol. The third-order valence-corrected chi connectivity index (χ3v) is 5.55. The minimum Gasteiger partial charge on any atom is -1.00 e. The lowest BCUT2D eigenvalue weighted by molar-refractivity contribution is -0.692. The molecule has 0 aliphatic rings. The first-order chi connectivity index (χ1) is 10.2. The van der Waals surface area contributed by atoms with Crippen LogP contribution in [0.1, 0.15) is 11.1 Å². The molecule has 0 bridgehead atoms. The Morgan fingerprint density at radius 1 is 0.696 bits per heavy atom. The average Bonchev–Trinajstić information content (AvgIpc) is 2.50. The molecule has 0 N–H and O–H groups in total. The van der Waals surface area contributed by atoms with Crippen LogP contribution in [0.2, 0.25) is 0 Å². The lowest BCUT2D eigenvalue weighted by Crippen LogP contribution is -3.00. The van der Waals surface area contributed by atoms with Gasteiger partial charge < -0.3 is 34.0 Å². The van der Waals surface area contributed by atoms with Gasteiger partial charge in [-0.05, 0) is 25.0 Å². The van der Waals surface area contributed by atoms with Crippen LogP contribution in [0.5, 0.6) is 0 Å². The lowest BCUT2D eigenvalue weighted by Gasteiger charge is -2.00. The van der Waals surface area contributed by atoms with E-state index in [9.17, 15) is 0 Å². The topological polar surface area (TPSA) is 7.76 Å². The first kappa shape index (κ1) is 23.0. The van der Waals surface area contributed by atoms with Gasteiger partial charge in [-0.15, -0.1) is 23.5 Å². The Balaban J connectivity index is 0.00000242. The monoisotopic (exact) mass is 478 g/mol. The Bertz CT molecular complexity index is 484. The molecule has 0 atom stereocenters. The molecule has 2 rings (SSSR count). The van der Waals surface area contributed by atoms with Crippen LogP contribution in [0.3, 0.4) is 0 Å². The lowest BCUT2D eigenvalue weighted by atomic mass is 10.3. The molecule has 128 valence electrons. The van der Waals surface area contributed by atoms with Gasteiger partial charge in [-0.25, -0.2) is 9.13 Å². The van der Waals surface area contributed by atoms with Crippen LogP contribution >= 0.6 is 23.5 Å². The Hall–Kier alpha value is -0.0400. The highest BCUT2D eigenvalue weighted by Crippen LogP contribution is 2.11. The largest absolute Gasteiger partial charge is 1.00 e. The van der Waals surface area contributed by atoms with Crippen LogP contribution in [-0.2, 0) is 13.1 Å². The van der Waals surface area contributed by atoms with E-state index < -0.39 is 0 Å². The van der Waals surface area contributed by atoms with Gasteiger partial charge in [-0.1, -0.05) is 0 Å². The van der Waals surface area contributed by atoms with Crippen molar-refractivity contribution in [1.82, 2.24) is 0 Å². The molecule has 2 nitrogen and oxygen atoms in total. The van der Waals surface area contributed by atoms with Crippen molar-refractivity contribution in [3.63, 3.8) is 0 Å². The summed E-state index contributed by atoms with van der Waals surface area (Å²) in [4.78, 5) is 0. The van der Waals surface area contributed by atoms with Gasteiger partial charge in [0.25, 0.3) is 0 Å². The van der Waals surface area contributed by atoms with E-state index in [4.69, 9.17) is 0 Å². The Morgan fingerprint density at radius 2 is 1.04 bits per heavy atom. The second-order valence-corrected chi connectivity index (χ2v) is 7.74. The third-order valence-electron chi connectivity index (χ3n) is 3.27. The number of rotatable bonds is 8. The highest BCUT2D eigenvalue weighted by Gasteiger charge is 2.01. The predicted octanol–water partition coefficient (Wildman–Crippen LogP) is -2.99. The summed E-state index contributed by atoms with van der Waals surface area (Å²) in [6.45, 7) is 6.44. The molecule has 0 saturated carbocycles. The number of pyridine rings is 2. The van der Waals surface area contributed by atoms with E-state index in [0.29, 0.717) is 0 Å². The molecule has 6 heteroatoms. The number of halogens is 2. The highest BCUT2D eigenvalue weighted by atomic mass is 79.9. The molecule has 0 saturated heterocycles. The van der Waals surface area contributed by atoms with Gasteiger partial charge in [0.15, 0.2) is 37.9 Å². The van der Waals surface area contributed by atoms with Gasteiger partial charge in [0, 0.05) is 29.4 Å². The van der Waals surface area contributed by atoms with Crippen molar-refractivity contribution in [3.05, 3.63) is 60.2 Å². The molecule has 0 unspecified atom stereocenters. The molecule has 0 aliphatic heterocycles. The van der Waals surface area contributed by atoms with E-state index in [0.717, 1.165) is 13.1 Å². The maximum absolute atomic E-state index is 2.26. The summed E-state index contributed by atoms with van der Waals surface area (Å²) in [5.41, 5.74) is 2.64. The number of aromatic nitrogens is 2. The summed E-state index contributed by atoms with van der Waals surface area (Å²) in [5, 5.41) is 1.18. The quantitative estimate of drug-likeness (QED) is 0.226. The zero-order valence-electron chi connectivity index (χ0n) is 13.6. The number of thioether (sulfide) groups is 2. The van der Waals surface area contributed by atoms with Crippen LogP contribution in [0.15, 0.2) is 49.1 Å². The summed E-state index contributed by atoms with van der Waals surface area (Å²) in [7, 11) is 0. The molecule has 0 fully saturated rings. The molecular formula is C17H24Br2N2S2. The first-order valence-electron chi connectivity index (χ1n) is 7.31. The summed E-state index contributed by atoms with van der Waals surface area (Å²) < 4.78 is 4.51. The second kappa shape index (κ2) is 13.3. The van der Waals surface area contributed by atoms with Gasteiger partial charge in [0.1, 0.15) is 0 Å². The van der Waals surface area contributed by atoms with E-state index in [-0.39, 0.29) is 34.0 Å². The highest BCUT2D eigenvalue weighted by molar-refractivity contribution is 8.15. The first-order valence-corrected chi connectivity index (χ1v) is 9.62. The van der Waals surface area contributed by atoms with E-state index in [2.05, 4.69) is 72.0 Å². The van der Waals surface area contributed by atoms with Crippen molar-refractivity contribution in [2.24, 2.45) is 0 Å². The fraction of sp³-hybridized carbons (Fsp3) is 0.412. The molecule has 2 aromatic rings. The molecule has 0 amide bonds. The third kappa shape index (κ3) is 9.75. The Labute approximate surface area is 169 Å². The van der Waals surface area contributed by atoms with Crippen molar-refractivity contribution < 1.29 is 43.1 Å². The van der Waals surface area contributed by atoms with Crippen molar-refractivity contribution >= 4 is 23.5 Å². The van der Waals surface area contributed by atoms with Crippen molar-refractivity contribution in [2.45, 2.75) is 26.9 Å². The Kier molecular flexibility index (Phi) is 13.3. The van der Waals surface area contributed by atoms with Crippen molar-refractivity contribution in [1.29, 1.82) is 0 Å². The number of hydrogen-bond acceptors (Lipinski definition) is 2. The molecule has 0 aliphatic carbocycles. The molecular weight excluding hydrogens is 456 g/mol. The minimum atomic E-state index is 0. The normalized spacial score (nSPS) is 9.83. The van der Waals surface area contributed by atoms with Crippen LogP contribution in [0.4, 0.5) is 0 Å². The molecule has 0 aromatic carbocycles. The zero-order chi connectivity index (χ0) is 14.9. The van der Waals surface area contributed by atoms with E-state index in [1.807, 2.05) is 23.5 Å². The Morgan fingerprint density at radius 3 is 1.39 bits per heavy atom. The smallest absolute Gasteiger partial charge is 0.169 e. The number of hydrogen-bond donors (Lipinski definition) is 0. The maximum atomic E-state index is 2.26. The summed E-state index contributed by atoms with van der Waals surface area (Å²) in [5.74, 6) is 2.36. The summed E-state index contributed by atoms with van der Waals surface area (Å²) in [6.07, 6.45) is 8.66. The summed E-state index contributed by atoms with van der Waals surface area (Å²) in [6, 6.07) is 8.66. The van der Waals surface area contributed by atoms with Crippen LogP contribution < -0.4 is 43.1 Å². The maximum Gasteiger partial charge on any atom is 0.169 e. The number of nitrogens with zero attached hydrogens (tertiary/aromatic N) is 2. The van der Waals surface area contributed by atoms with Crippen LogP contribution in [-0.4, -0.2) is 16.6 Å². The zero-order valence-corrected chi connectivity index (χ0v) is 18.4. The number of aryl methyl sites for hydroxylation is 4. The fourth-order valence-electron chi connectivity index (χ4n) is 1.88.